The molecule has 2 aromatic carbocycles. The van der Waals surface area contributed by atoms with Crippen LogP contribution in [0.3, 0.4) is 0 Å². The zero-order valence-corrected chi connectivity index (χ0v) is 17.9. The number of benzene rings is 2. The van der Waals surface area contributed by atoms with E-state index in [1.807, 2.05) is 30.5 Å². The predicted molar refractivity (Wildman–Crippen MR) is 124 cm³/mol. The number of hydrogen-bond acceptors (Lipinski definition) is 6. The van der Waals surface area contributed by atoms with Crippen molar-refractivity contribution < 1.29 is 9.47 Å². The maximum atomic E-state index is 8.88. The van der Waals surface area contributed by atoms with Crippen molar-refractivity contribution in [1.82, 2.24) is 10.3 Å². The Balaban J connectivity index is 1.13. The van der Waals surface area contributed by atoms with Crippen LogP contribution in [0.15, 0.2) is 60.8 Å². The fourth-order valence-corrected chi connectivity index (χ4v) is 3.99. The zero-order chi connectivity index (χ0) is 21.8. The summed E-state index contributed by atoms with van der Waals surface area (Å²) in [6.07, 6.45) is 2.82. The Morgan fingerprint density at radius 2 is 1.88 bits per heavy atom. The van der Waals surface area contributed by atoms with Crippen LogP contribution in [0.25, 0.3) is 11.1 Å². The SMILES string of the molecule is N#Cc1ccc(CCNCC2CNc3cc(-c4ccc(C5COC5)cc4)cnc3O2)cc1. The van der Waals surface area contributed by atoms with Gasteiger partial charge in [-0.2, -0.15) is 5.26 Å². The fourth-order valence-electron chi connectivity index (χ4n) is 3.99. The number of nitriles is 1. The van der Waals surface area contributed by atoms with Gasteiger partial charge in [0.15, 0.2) is 0 Å². The van der Waals surface area contributed by atoms with Gasteiger partial charge in [-0.05, 0) is 47.9 Å². The summed E-state index contributed by atoms with van der Waals surface area (Å²) in [6.45, 7) is 3.99. The number of pyridine rings is 1. The topological polar surface area (TPSA) is 79.2 Å². The Bertz CT molecular complexity index is 1100. The first-order chi connectivity index (χ1) is 15.8. The number of nitrogens with one attached hydrogen (secondary N) is 2. The Morgan fingerprint density at radius 1 is 1.06 bits per heavy atom. The van der Waals surface area contributed by atoms with Gasteiger partial charge in [-0.25, -0.2) is 4.98 Å². The molecule has 162 valence electrons. The molecule has 0 spiro atoms. The normalized spacial score (nSPS) is 17.4. The van der Waals surface area contributed by atoms with Crippen molar-refractivity contribution >= 4 is 5.69 Å². The van der Waals surface area contributed by atoms with Crippen molar-refractivity contribution in [3.63, 3.8) is 0 Å². The third-order valence-corrected chi connectivity index (χ3v) is 6.05. The highest BCUT2D eigenvalue weighted by molar-refractivity contribution is 5.70. The van der Waals surface area contributed by atoms with Crippen LogP contribution in [0.5, 0.6) is 5.88 Å². The second-order valence-electron chi connectivity index (χ2n) is 8.32. The lowest BCUT2D eigenvalue weighted by atomic mass is 9.95. The van der Waals surface area contributed by atoms with E-state index in [1.165, 1.54) is 11.1 Å². The van der Waals surface area contributed by atoms with Gasteiger partial charge in [0.25, 0.3) is 0 Å². The summed E-state index contributed by atoms with van der Waals surface area (Å²) in [6, 6.07) is 20.7. The van der Waals surface area contributed by atoms with Gasteiger partial charge in [0, 0.05) is 24.2 Å². The van der Waals surface area contributed by atoms with Gasteiger partial charge < -0.3 is 20.1 Å². The molecule has 6 nitrogen and oxygen atoms in total. The molecule has 1 saturated heterocycles. The molecule has 1 aromatic heterocycles. The molecule has 0 saturated carbocycles. The quantitative estimate of drug-likeness (QED) is 0.561. The third-order valence-electron chi connectivity index (χ3n) is 6.05. The van der Waals surface area contributed by atoms with Crippen molar-refractivity contribution in [3.8, 4) is 23.1 Å². The van der Waals surface area contributed by atoms with Crippen molar-refractivity contribution in [2.75, 3.05) is 38.2 Å². The van der Waals surface area contributed by atoms with Crippen LogP contribution in [0.1, 0.15) is 22.6 Å². The number of nitrogens with zero attached hydrogens (tertiary/aromatic N) is 2. The standard InChI is InChI=1S/C26H26N4O2/c27-12-19-3-1-18(2-4-19)9-10-28-14-24-15-29-25-11-22(13-30-26(25)32-24)20-5-7-21(8-6-20)23-16-31-17-23/h1-8,11,13,23-24,28-29H,9-10,14-17H2. The molecule has 2 aliphatic rings. The van der Waals surface area contributed by atoms with E-state index in [0.717, 1.165) is 56.1 Å². The molecule has 32 heavy (non-hydrogen) atoms. The van der Waals surface area contributed by atoms with E-state index < -0.39 is 0 Å². The molecular weight excluding hydrogens is 400 g/mol. The van der Waals surface area contributed by atoms with Crippen LogP contribution >= 0.6 is 0 Å². The molecule has 0 amide bonds. The second-order valence-corrected chi connectivity index (χ2v) is 8.32. The molecular formula is C26H26N4O2. The van der Waals surface area contributed by atoms with E-state index in [-0.39, 0.29) is 6.10 Å². The molecule has 0 aliphatic carbocycles. The fraction of sp³-hybridized carbons (Fsp3) is 0.308. The Hall–Kier alpha value is -3.40. The number of hydrogen-bond donors (Lipinski definition) is 2. The zero-order valence-electron chi connectivity index (χ0n) is 17.9. The van der Waals surface area contributed by atoms with E-state index in [4.69, 9.17) is 14.7 Å². The molecule has 1 atom stereocenters. The van der Waals surface area contributed by atoms with Gasteiger partial charge in [-0.1, -0.05) is 36.4 Å². The predicted octanol–water partition coefficient (Wildman–Crippen LogP) is 3.74. The smallest absolute Gasteiger partial charge is 0.237 e. The van der Waals surface area contributed by atoms with Crippen molar-refractivity contribution in [2.45, 2.75) is 18.4 Å². The second kappa shape index (κ2) is 9.39. The average Bonchev–Trinajstić information content (AvgIpc) is 2.81. The Morgan fingerprint density at radius 3 is 2.59 bits per heavy atom. The van der Waals surface area contributed by atoms with E-state index in [2.05, 4.69) is 52.0 Å². The summed E-state index contributed by atoms with van der Waals surface area (Å²) in [7, 11) is 0. The molecule has 2 aliphatic heterocycles. The number of aromatic nitrogens is 1. The van der Waals surface area contributed by atoms with E-state index in [9.17, 15) is 0 Å². The van der Waals surface area contributed by atoms with Crippen molar-refractivity contribution in [1.29, 1.82) is 5.26 Å². The van der Waals surface area contributed by atoms with Gasteiger partial charge in [0.1, 0.15) is 6.10 Å². The molecule has 1 fully saturated rings. The lowest BCUT2D eigenvalue weighted by Gasteiger charge is -2.27. The summed E-state index contributed by atoms with van der Waals surface area (Å²) < 4.78 is 11.4. The maximum Gasteiger partial charge on any atom is 0.237 e. The van der Waals surface area contributed by atoms with Gasteiger partial charge >= 0.3 is 0 Å². The lowest BCUT2D eigenvalue weighted by molar-refractivity contribution is 0.00843. The van der Waals surface area contributed by atoms with E-state index >= 15 is 0 Å². The molecule has 3 aromatic rings. The molecule has 6 heteroatoms. The monoisotopic (exact) mass is 426 g/mol. The van der Waals surface area contributed by atoms with E-state index in [1.54, 1.807) is 0 Å². The summed E-state index contributed by atoms with van der Waals surface area (Å²) in [5.41, 5.74) is 6.41. The Kier molecular flexibility index (Phi) is 6.02. The van der Waals surface area contributed by atoms with Crippen LogP contribution in [-0.2, 0) is 11.2 Å². The van der Waals surface area contributed by atoms with Gasteiger partial charge in [-0.15, -0.1) is 0 Å². The summed E-state index contributed by atoms with van der Waals surface area (Å²) in [5, 5.41) is 15.8. The molecule has 1 unspecified atom stereocenters. The van der Waals surface area contributed by atoms with E-state index in [0.29, 0.717) is 17.4 Å². The third kappa shape index (κ3) is 4.59. The summed E-state index contributed by atoms with van der Waals surface area (Å²) in [4.78, 5) is 4.56. The first-order valence-electron chi connectivity index (χ1n) is 11.1. The van der Waals surface area contributed by atoms with Gasteiger partial charge in [-0.3, -0.25) is 0 Å². The highest BCUT2D eigenvalue weighted by atomic mass is 16.5. The first-order valence-corrected chi connectivity index (χ1v) is 11.1. The first kappa shape index (κ1) is 20.5. The number of fused-ring (bicyclic) bond motifs is 1. The van der Waals surface area contributed by atoms with Crippen molar-refractivity contribution in [3.05, 3.63) is 77.5 Å². The largest absolute Gasteiger partial charge is 0.470 e. The minimum Gasteiger partial charge on any atom is -0.470 e. The Labute approximate surface area is 188 Å². The number of rotatable bonds is 7. The molecule has 5 rings (SSSR count). The number of ether oxygens (including phenoxy) is 2. The number of anilines is 1. The summed E-state index contributed by atoms with van der Waals surface area (Å²) >= 11 is 0. The van der Waals surface area contributed by atoms with Crippen LogP contribution in [0, 0.1) is 11.3 Å². The van der Waals surface area contributed by atoms with Crippen molar-refractivity contribution in [2.24, 2.45) is 0 Å². The average molecular weight is 427 g/mol. The van der Waals surface area contributed by atoms with Crippen LogP contribution in [-0.4, -0.2) is 43.9 Å². The van der Waals surface area contributed by atoms with Gasteiger partial charge in [0.05, 0.1) is 37.1 Å². The van der Waals surface area contributed by atoms with Crippen LogP contribution in [0.2, 0.25) is 0 Å². The van der Waals surface area contributed by atoms with Gasteiger partial charge in [0.2, 0.25) is 5.88 Å². The highest BCUT2D eigenvalue weighted by Crippen LogP contribution is 2.32. The maximum absolute atomic E-state index is 8.88. The highest BCUT2D eigenvalue weighted by Gasteiger charge is 2.22. The lowest BCUT2D eigenvalue weighted by Crippen LogP contribution is -2.40. The summed E-state index contributed by atoms with van der Waals surface area (Å²) in [5.74, 6) is 1.19. The molecule has 0 radical (unpaired) electrons. The van der Waals surface area contributed by atoms with Crippen LogP contribution < -0.4 is 15.4 Å². The molecule has 3 heterocycles. The van der Waals surface area contributed by atoms with Crippen LogP contribution in [0.4, 0.5) is 5.69 Å². The molecule has 0 bridgehead atoms. The minimum atomic E-state index is 0.0331. The molecule has 2 N–H and O–H groups in total. The minimum absolute atomic E-state index is 0.0331.